The molecule has 0 bridgehead atoms. The minimum atomic E-state index is -0.403. The van der Waals surface area contributed by atoms with Gasteiger partial charge in [0.25, 0.3) is 0 Å². The molecule has 28 heavy (non-hydrogen) atoms. The smallest absolute Gasteiger partial charge is 0.196 e. The lowest BCUT2D eigenvalue weighted by Gasteiger charge is -2.09. The van der Waals surface area contributed by atoms with Crippen LogP contribution in [0.4, 0.5) is 0 Å². The second-order valence-corrected chi connectivity index (χ2v) is 6.00. The maximum Gasteiger partial charge on any atom is 0.196 e. The molecular formula is C22H18O6. The van der Waals surface area contributed by atoms with Crippen LogP contribution in [-0.2, 0) is 0 Å². The number of carbonyl (C=O) groups excluding carboxylic acids is 2. The van der Waals surface area contributed by atoms with Crippen molar-refractivity contribution in [1.29, 1.82) is 0 Å². The van der Waals surface area contributed by atoms with E-state index in [1.54, 1.807) is 12.1 Å². The highest BCUT2D eigenvalue weighted by Crippen LogP contribution is 2.27. The van der Waals surface area contributed by atoms with Gasteiger partial charge in [0.15, 0.2) is 11.6 Å². The fourth-order valence-corrected chi connectivity index (χ4v) is 2.73. The largest absolute Gasteiger partial charge is 0.507 e. The first-order valence-electron chi connectivity index (χ1n) is 8.38. The molecule has 0 amide bonds. The summed E-state index contributed by atoms with van der Waals surface area (Å²) in [5.74, 6) is -0.235. The van der Waals surface area contributed by atoms with Crippen LogP contribution < -0.4 is 9.47 Å². The third kappa shape index (κ3) is 3.66. The van der Waals surface area contributed by atoms with E-state index in [1.165, 1.54) is 62.8 Å². The van der Waals surface area contributed by atoms with E-state index in [2.05, 4.69) is 0 Å². The van der Waals surface area contributed by atoms with Crippen molar-refractivity contribution in [3.05, 3.63) is 82.9 Å². The van der Waals surface area contributed by atoms with Crippen LogP contribution in [0.5, 0.6) is 23.0 Å². The minimum Gasteiger partial charge on any atom is -0.507 e. The van der Waals surface area contributed by atoms with Crippen molar-refractivity contribution in [2.45, 2.75) is 0 Å². The van der Waals surface area contributed by atoms with Crippen LogP contribution in [-0.4, -0.2) is 36.0 Å². The summed E-state index contributed by atoms with van der Waals surface area (Å²) in [5.41, 5.74) is 0.803. The topological polar surface area (TPSA) is 93.1 Å². The van der Waals surface area contributed by atoms with Crippen LogP contribution in [0.1, 0.15) is 31.8 Å². The van der Waals surface area contributed by atoms with E-state index in [4.69, 9.17) is 9.47 Å². The number of ketones is 2. The van der Waals surface area contributed by atoms with E-state index in [0.717, 1.165) is 0 Å². The Morgan fingerprint density at radius 1 is 0.643 bits per heavy atom. The van der Waals surface area contributed by atoms with Crippen LogP contribution in [0, 0.1) is 0 Å². The molecule has 0 heterocycles. The van der Waals surface area contributed by atoms with E-state index in [0.29, 0.717) is 22.6 Å². The number of methoxy groups -OCH3 is 2. The maximum absolute atomic E-state index is 12.7. The first-order chi connectivity index (χ1) is 13.4. The van der Waals surface area contributed by atoms with Crippen molar-refractivity contribution in [1.82, 2.24) is 0 Å². The fourth-order valence-electron chi connectivity index (χ4n) is 2.73. The normalized spacial score (nSPS) is 10.4. The Kier molecular flexibility index (Phi) is 5.31. The standard InChI is InChI=1S/C22H18O6/c1-27-15-7-9-19(23)17(11-15)21(25)13-3-5-14(6-4-13)22(26)18-12-16(28-2)8-10-20(18)24/h3-12,23-24H,1-2H3. The van der Waals surface area contributed by atoms with Gasteiger partial charge in [-0.15, -0.1) is 0 Å². The predicted octanol–water partition coefficient (Wildman–Crippen LogP) is 3.58. The summed E-state index contributed by atoms with van der Waals surface area (Å²) in [6.45, 7) is 0. The number of benzene rings is 3. The molecule has 0 atom stereocenters. The van der Waals surface area contributed by atoms with Crippen LogP contribution >= 0.6 is 0 Å². The summed E-state index contributed by atoms with van der Waals surface area (Å²) in [7, 11) is 2.93. The SMILES string of the molecule is COc1ccc(O)c(C(=O)c2ccc(C(=O)c3cc(OC)ccc3O)cc2)c1. The van der Waals surface area contributed by atoms with Crippen molar-refractivity contribution in [3.63, 3.8) is 0 Å². The highest BCUT2D eigenvalue weighted by molar-refractivity contribution is 6.13. The van der Waals surface area contributed by atoms with Crippen molar-refractivity contribution in [3.8, 4) is 23.0 Å². The number of phenolic OH excluding ortho intramolecular Hbond substituents is 2. The van der Waals surface area contributed by atoms with E-state index < -0.39 is 11.6 Å². The molecule has 0 unspecified atom stereocenters. The summed E-state index contributed by atoms with van der Waals surface area (Å²) >= 11 is 0. The van der Waals surface area contributed by atoms with Gasteiger partial charge in [0.05, 0.1) is 25.3 Å². The molecule has 142 valence electrons. The van der Waals surface area contributed by atoms with Gasteiger partial charge in [-0.05, 0) is 36.4 Å². The highest BCUT2D eigenvalue weighted by atomic mass is 16.5. The summed E-state index contributed by atoms with van der Waals surface area (Å²) in [5, 5.41) is 19.9. The van der Waals surface area contributed by atoms with E-state index in [1.807, 2.05) is 0 Å². The molecule has 0 aliphatic carbocycles. The monoisotopic (exact) mass is 378 g/mol. The average molecular weight is 378 g/mol. The van der Waals surface area contributed by atoms with Crippen LogP contribution in [0.3, 0.4) is 0 Å². The van der Waals surface area contributed by atoms with Crippen molar-refractivity contribution < 1.29 is 29.3 Å². The fraction of sp³-hybridized carbons (Fsp3) is 0.0909. The lowest BCUT2D eigenvalue weighted by atomic mass is 9.97. The lowest BCUT2D eigenvalue weighted by molar-refractivity contribution is 0.102. The summed E-state index contributed by atoms with van der Waals surface area (Å²) in [6, 6.07) is 14.7. The Morgan fingerprint density at radius 3 is 1.32 bits per heavy atom. The first kappa shape index (κ1) is 19.0. The van der Waals surface area contributed by atoms with Gasteiger partial charge < -0.3 is 19.7 Å². The number of hydrogen-bond acceptors (Lipinski definition) is 6. The van der Waals surface area contributed by atoms with Gasteiger partial charge in [0, 0.05) is 11.1 Å². The first-order valence-corrected chi connectivity index (χ1v) is 8.38. The number of aromatic hydroxyl groups is 2. The molecule has 6 nitrogen and oxygen atoms in total. The summed E-state index contributed by atoms with van der Waals surface area (Å²) < 4.78 is 10.2. The second-order valence-electron chi connectivity index (χ2n) is 6.00. The van der Waals surface area contributed by atoms with Gasteiger partial charge in [-0.2, -0.15) is 0 Å². The highest BCUT2D eigenvalue weighted by Gasteiger charge is 2.18. The van der Waals surface area contributed by atoms with Gasteiger partial charge in [0.2, 0.25) is 0 Å². The van der Waals surface area contributed by atoms with E-state index >= 15 is 0 Å². The number of hydrogen-bond donors (Lipinski definition) is 2. The molecular weight excluding hydrogens is 360 g/mol. The van der Waals surface area contributed by atoms with Gasteiger partial charge in [0.1, 0.15) is 23.0 Å². The molecule has 0 radical (unpaired) electrons. The molecule has 0 aromatic heterocycles. The van der Waals surface area contributed by atoms with Crippen molar-refractivity contribution in [2.75, 3.05) is 14.2 Å². The third-order valence-electron chi connectivity index (χ3n) is 4.31. The lowest BCUT2D eigenvalue weighted by Crippen LogP contribution is -2.05. The van der Waals surface area contributed by atoms with E-state index in [9.17, 15) is 19.8 Å². The summed E-state index contributed by atoms with van der Waals surface area (Å²) in [6.07, 6.45) is 0. The molecule has 6 heteroatoms. The van der Waals surface area contributed by atoms with Crippen molar-refractivity contribution >= 4 is 11.6 Å². The molecule has 2 N–H and O–H groups in total. The van der Waals surface area contributed by atoms with Crippen molar-refractivity contribution in [2.24, 2.45) is 0 Å². The number of carbonyl (C=O) groups is 2. The number of rotatable bonds is 6. The molecule has 3 aromatic rings. The predicted molar refractivity (Wildman–Crippen MR) is 103 cm³/mol. The van der Waals surface area contributed by atoms with Crippen LogP contribution in [0.2, 0.25) is 0 Å². The molecule has 0 saturated heterocycles. The minimum absolute atomic E-state index is 0.101. The molecule has 0 saturated carbocycles. The van der Waals surface area contributed by atoms with Gasteiger partial charge >= 0.3 is 0 Å². The zero-order valence-corrected chi connectivity index (χ0v) is 15.3. The molecule has 3 aromatic carbocycles. The Hall–Kier alpha value is -3.80. The number of phenols is 2. The number of ether oxygens (including phenoxy) is 2. The zero-order chi connectivity index (χ0) is 20.3. The molecule has 0 spiro atoms. The molecule has 0 aliphatic rings. The van der Waals surface area contributed by atoms with Gasteiger partial charge in [-0.25, -0.2) is 0 Å². The van der Waals surface area contributed by atoms with Gasteiger partial charge in [-0.1, -0.05) is 24.3 Å². The zero-order valence-electron chi connectivity index (χ0n) is 15.3. The Balaban J connectivity index is 1.90. The van der Waals surface area contributed by atoms with Crippen LogP contribution in [0.25, 0.3) is 0 Å². The molecule has 0 fully saturated rings. The second kappa shape index (κ2) is 7.84. The van der Waals surface area contributed by atoms with Crippen LogP contribution in [0.15, 0.2) is 60.7 Å². The Labute approximate surface area is 161 Å². The van der Waals surface area contributed by atoms with E-state index in [-0.39, 0.29) is 22.6 Å². The third-order valence-corrected chi connectivity index (χ3v) is 4.31. The maximum atomic E-state index is 12.7. The Morgan fingerprint density at radius 2 is 1.00 bits per heavy atom. The quantitative estimate of drug-likeness (QED) is 0.637. The average Bonchev–Trinajstić information content (AvgIpc) is 2.73. The van der Waals surface area contributed by atoms with Gasteiger partial charge in [-0.3, -0.25) is 9.59 Å². The molecule has 0 aliphatic heterocycles. The molecule has 3 rings (SSSR count). The Bertz CT molecular complexity index is 953. The summed E-state index contributed by atoms with van der Waals surface area (Å²) in [4.78, 5) is 25.3.